The van der Waals surface area contributed by atoms with Crippen LogP contribution in [0, 0.1) is 16.0 Å². The Kier molecular flexibility index (Phi) is 4.17. The van der Waals surface area contributed by atoms with Gasteiger partial charge in [0.1, 0.15) is 0 Å². The minimum absolute atomic E-state index is 0.179. The van der Waals surface area contributed by atoms with E-state index in [4.69, 9.17) is 5.73 Å². The number of hydrogen-bond donors (Lipinski definition) is 2. The van der Waals surface area contributed by atoms with Gasteiger partial charge in [-0.1, -0.05) is 6.92 Å². The Labute approximate surface area is 122 Å². The summed E-state index contributed by atoms with van der Waals surface area (Å²) in [5.74, 6) is -0.339. The molecule has 8 nitrogen and oxygen atoms in total. The monoisotopic (exact) mass is 315 g/mol. The second-order valence-corrected chi connectivity index (χ2v) is 7.14. The third-order valence-corrected chi connectivity index (χ3v) is 5.62. The quantitative estimate of drug-likeness (QED) is 0.623. The Bertz CT molecular complexity index is 661. The largest absolute Gasteiger partial charge is 0.502 e. The summed E-state index contributed by atoms with van der Waals surface area (Å²) in [5, 5.41) is 20.2. The molecule has 0 amide bonds. The molecule has 0 bridgehead atoms. The van der Waals surface area contributed by atoms with Crippen molar-refractivity contribution in [3.63, 3.8) is 0 Å². The number of aromatic hydroxyl groups is 1. The molecule has 1 aliphatic rings. The lowest BCUT2D eigenvalue weighted by Crippen LogP contribution is -2.49. The molecule has 1 fully saturated rings. The van der Waals surface area contributed by atoms with E-state index in [0.717, 1.165) is 18.2 Å². The van der Waals surface area contributed by atoms with Gasteiger partial charge < -0.3 is 10.8 Å². The van der Waals surface area contributed by atoms with Crippen molar-refractivity contribution in [1.82, 2.24) is 4.31 Å². The van der Waals surface area contributed by atoms with Gasteiger partial charge in [0.25, 0.3) is 0 Å². The zero-order valence-corrected chi connectivity index (χ0v) is 12.3. The second kappa shape index (κ2) is 5.58. The highest BCUT2D eigenvalue weighted by Gasteiger charge is 2.33. The van der Waals surface area contributed by atoms with Crippen LogP contribution in [0.25, 0.3) is 0 Å². The Balaban J connectivity index is 2.36. The minimum Gasteiger partial charge on any atom is -0.502 e. The van der Waals surface area contributed by atoms with Crippen molar-refractivity contribution in [3.05, 3.63) is 28.3 Å². The molecule has 9 heteroatoms. The van der Waals surface area contributed by atoms with Gasteiger partial charge in [-0.3, -0.25) is 10.1 Å². The number of nitrogens with zero attached hydrogens (tertiary/aromatic N) is 2. The first kappa shape index (κ1) is 15.7. The SMILES string of the molecule is CC1CCN(S(=O)(=O)c2ccc(O)c([N+](=O)[O-])c2)CC1N. The Morgan fingerprint density at radius 2 is 2.14 bits per heavy atom. The van der Waals surface area contributed by atoms with E-state index in [9.17, 15) is 23.6 Å². The molecule has 3 N–H and O–H groups in total. The minimum atomic E-state index is -3.85. The zero-order chi connectivity index (χ0) is 15.8. The lowest BCUT2D eigenvalue weighted by molar-refractivity contribution is -0.386. The second-order valence-electron chi connectivity index (χ2n) is 5.20. The van der Waals surface area contributed by atoms with Crippen LogP contribution in [0.15, 0.2) is 23.1 Å². The van der Waals surface area contributed by atoms with Crippen molar-refractivity contribution >= 4 is 15.7 Å². The van der Waals surface area contributed by atoms with E-state index in [1.54, 1.807) is 0 Å². The molecule has 0 radical (unpaired) electrons. The molecular weight excluding hydrogens is 298 g/mol. The number of phenols is 1. The van der Waals surface area contributed by atoms with E-state index in [0.29, 0.717) is 13.0 Å². The molecular formula is C12H17N3O5S. The van der Waals surface area contributed by atoms with Gasteiger partial charge in [0.05, 0.1) is 9.82 Å². The van der Waals surface area contributed by atoms with Crippen LogP contribution in [0.2, 0.25) is 0 Å². The number of nitrogens with two attached hydrogens (primary N) is 1. The maximum atomic E-state index is 12.5. The first-order valence-electron chi connectivity index (χ1n) is 6.46. The van der Waals surface area contributed by atoms with E-state index in [1.165, 1.54) is 4.31 Å². The predicted octanol–water partition coefficient (Wildman–Crippen LogP) is 0.658. The maximum absolute atomic E-state index is 12.5. The number of phenolic OH excluding ortho intramolecular Hbond substituents is 1. The average Bonchev–Trinajstić information content (AvgIpc) is 2.41. The van der Waals surface area contributed by atoms with Crippen molar-refractivity contribution in [2.45, 2.75) is 24.3 Å². The van der Waals surface area contributed by atoms with Crippen molar-refractivity contribution in [2.75, 3.05) is 13.1 Å². The van der Waals surface area contributed by atoms with Gasteiger partial charge in [-0.05, 0) is 24.5 Å². The number of rotatable bonds is 3. The predicted molar refractivity (Wildman–Crippen MR) is 75.3 cm³/mol. The molecule has 2 unspecified atom stereocenters. The van der Waals surface area contributed by atoms with Gasteiger partial charge in [0.2, 0.25) is 10.0 Å². The van der Waals surface area contributed by atoms with E-state index >= 15 is 0 Å². The normalized spacial score (nSPS) is 23.9. The van der Waals surface area contributed by atoms with E-state index < -0.39 is 26.4 Å². The zero-order valence-electron chi connectivity index (χ0n) is 11.5. The standard InChI is InChI=1S/C12H17N3O5S/c1-8-4-5-14(7-10(8)13)21(19,20)9-2-3-12(16)11(6-9)15(17)18/h2-3,6,8,10,16H,4-5,7,13H2,1H3. The van der Waals surface area contributed by atoms with Gasteiger partial charge in [-0.2, -0.15) is 4.31 Å². The van der Waals surface area contributed by atoms with Gasteiger partial charge in [-0.25, -0.2) is 8.42 Å². The van der Waals surface area contributed by atoms with Crippen LogP contribution in [-0.2, 0) is 10.0 Å². The number of hydrogen-bond acceptors (Lipinski definition) is 6. The highest BCUT2D eigenvalue weighted by molar-refractivity contribution is 7.89. The fraction of sp³-hybridized carbons (Fsp3) is 0.500. The van der Waals surface area contributed by atoms with Crippen molar-refractivity contribution in [1.29, 1.82) is 0 Å². The molecule has 1 saturated heterocycles. The summed E-state index contributed by atoms with van der Waals surface area (Å²) >= 11 is 0. The molecule has 21 heavy (non-hydrogen) atoms. The smallest absolute Gasteiger partial charge is 0.312 e. The lowest BCUT2D eigenvalue weighted by atomic mass is 9.96. The Hall–Kier alpha value is -1.71. The molecule has 0 spiro atoms. The third kappa shape index (κ3) is 2.99. The van der Waals surface area contributed by atoms with E-state index in [2.05, 4.69) is 0 Å². The molecule has 116 valence electrons. The molecule has 1 heterocycles. The van der Waals surface area contributed by atoms with Crippen LogP contribution in [0.1, 0.15) is 13.3 Å². The van der Waals surface area contributed by atoms with Crippen molar-refractivity contribution < 1.29 is 18.4 Å². The number of nitro groups is 1. The molecule has 1 aromatic carbocycles. The molecule has 2 rings (SSSR count). The highest BCUT2D eigenvalue weighted by atomic mass is 32.2. The van der Waals surface area contributed by atoms with Crippen LogP contribution >= 0.6 is 0 Å². The summed E-state index contributed by atoms with van der Waals surface area (Å²) in [5.41, 5.74) is 5.26. The van der Waals surface area contributed by atoms with E-state index in [-0.39, 0.29) is 23.4 Å². The molecule has 0 saturated carbocycles. The number of benzene rings is 1. The first-order chi connectivity index (χ1) is 9.73. The first-order valence-corrected chi connectivity index (χ1v) is 7.90. The Morgan fingerprint density at radius 3 is 2.71 bits per heavy atom. The summed E-state index contributed by atoms with van der Waals surface area (Å²) in [6.07, 6.45) is 0.639. The topological polar surface area (TPSA) is 127 Å². The van der Waals surface area contributed by atoms with Gasteiger partial charge >= 0.3 is 5.69 Å². The van der Waals surface area contributed by atoms with Gasteiger partial charge in [0.15, 0.2) is 5.75 Å². The summed E-state index contributed by atoms with van der Waals surface area (Å²) in [4.78, 5) is 9.75. The lowest BCUT2D eigenvalue weighted by Gasteiger charge is -2.34. The molecule has 1 aliphatic heterocycles. The van der Waals surface area contributed by atoms with Crippen LogP contribution in [0.4, 0.5) is 5.69 Å². The molecule has 0 aliphatic carbocycles. The maximum Gasteiger partial charge on any atom is 0.312 e. The number of nitro benzene ring substituents is 1. The van der Waals surface area contributed by atoms with Gasteiger partial charge in [-0.15, -0.1) is 0 Å². The van der Waals surface area contributed by atoms with Crippen LogP contribution in [0.3, 0.4) is 0 Å². The summed E-state index contributed by atoms with van der Waals surface area (Å²) in [6, 6.07) is 2.77. The molecule has 0 aromatic heterocycles. The Morgan fingerprint density at radius 1 is 1.48 bits per heavy atom. The van der Waals surface area contributed by atoms with Crippen LogP contribution in [0.5, 0.6) is 5.75 Å². The van der Waals surface area contributed by atoms with Crippen LogP contribution < -0.4 is 5.73 Å². The molecule has 2 atom stereocenters. The number of sulfonamides is 1. The average molecular weight is 315 g/mol. The van der Waals surface area contributed by atoms with E-state index in [1.807, 2.05) is 6.92 Å². The fourth-order valence-corrected chi connectivity index (χ4v) is 3.76. The summed E-state index contributed by atoms with van der Waals surface area (Å²) in [7, 11) is -3.85. The van der Waals surface area contributed by atoms with Crippen molar-refractivity contribution in [2.24, 2.45) is 11.7 Å². The fourth-order valence-electron chi connectivity index (χ4n) is 2.25. The number of piperidine rings is 1. The summed E-state index contributed by atoms with van der Waals surface area (Å²) < 4.78 is 26.2. The summed E-state index contributed by atoms with van der Waals surface area (Å²) in [6.45, 7) is 2.46. The molecule has 1 aromatic rings. The highest BCUT2D eigenvalue weighted by Crippen LogP contribution is 2.30. The third-order valence-electron chi connectivity index (χ3n) is 3.76. The van der Waals surface area contributed by atoms with Gasteiger partial charge in [0, 0.05) is 25.2 Å². The van der Waals surface area contributed by atoms with Crippen molar-refractivity contribution in [3.8, 4) is 5.75 Å². The van der Waals surface area contributed by atoms with Crippen LogP contribution in [-0.4, -0.2) is 41.9 Å².